The fraction of sp³-hybridized carbons (Fsp3) is 0.659. The highest BCUT2D eigenvalue weighted by Gasteiger charge is 2.39. The van der Waals surface area contributed by atoms with E-state index < -0.39 is 0 Å². The molecule has 5 nitrogen and oxygen atoms in total. The average molecular weight is 633 g/mol. The van der Waals surface area contributed by atoms with Crippen LogP contribution >= 0.6 is 0 Å². The molecule has 0 radical (unpaired) electrons. The van der Waals surface area contributed by atoms with Gasteiger partial charge in [-0.15, -0.1) is 0 Å². The summed E-state index contributed by atoms with van der Waals surface area (Å²) in [5.41, 5.74) is 4.98. The van der Waals surface area contributed by atoms with Gasteiger partial charge in [0.2, 0.25) is 11.8 Å². The van der Waals surface area contributed by atoms with Gasteiger partial charge in [0.15, 0.2) is 6.67 Å². The van der Waals surface area contributed by atoms with Crippen molar-refractivity contribution in [2.45, 2.75) is 143 Å². The molecular formula is C41H66N3O2+. The second-order valence-electron chi connectivity index (χ2n) is 14.3. The summed E-state index contributed by atoms with van der Waals surface area (Å²) < 4.78 is 0.662. The van der Waals surface area contributed by atoms with Crippen molar-refractivity contribution < 1.29 is 9.59 Å². The van der Waals surface area contributed by atoms with Gasteiger partial charge < -0.3 is 5.32 Å². The van der Waals surface area contributed by atoms with E-state index in [4.69, 9.17) is 0 Å². The van der Waals surface area contributed by atoms with Crippen LogP contribution in [-0.4, -0.2) is 43.0 Å². The molecule has 0 bridgehead atoms. The Labute approximate surface area is 282 Å². The van der Waals surface area contributed by atoms with Crippen LogP contribution in [0.4, 0.5) is 11.4 Å². The summed E-state index contributed by atoms with van der Waals surface area (Å²) in [6, 6.07) is 17.8. The fourth-order valence-corrected chi connectivity index (χ4v) is 7.00. The number of hydrogen-bond acceptors (Lipinski definition) is 2. The van der Waals surface area contributed by atoms with Crippen molar-refractivity contribution in [2.24, 2.45) is 5.92 Å². The predicted octanol–water partition coefficient (Wildman–Crippen LogP) is 10.5. The van der Waals surface area contributed by atoms with Gasteiger partial charge in [0.05, 0.1) is 6.54 Å². The molecule has 1 aliphatic rings. The number of unbranched alkanes of at least 4 members (excludes halogenated alkanes) is 14. The van der Waals surface area contributed by atoms with E-state index in [1.54, 1.807) is 0 Å². The summed E-state index contributed by atoms with van der Waals surface area (Å²) in [6.45, 7) is 11.9. The van der Waals surface area contributed by atoms with E-state index in [2.05, 4.69) is 86.4 Å². The zero-order valence-electron chi connectivity index (χ0n) is 30.0. The summed E-state index contributed by atoms with van der Waals surface area (Å²) in [7, 11) is 0. The molecule has 0 spiro atoms. The predicted molar refractivity (Wildman–Crippen MR) is 196 cm³/mol. The van der Waals surface area contributed by atoms with Crippen molar-refractivity contribution in [1.29, 1.82) is 0 Å². The van der Waals surface area contributed by atoms with Crippen LogP contribution < -0.4 is 9.80 Å². The zero-order chi connectivity index (χ0) is 33.0. The number of carbonyl (C=O) groups is 2. The molecule has 256 valence electrons. The SMILES string of the molecule is CCCCCCCCCCCCCCC(=O)NCCCCCC[N+](CN1CC(C)CC1=O)(c1ccc(C)cc1)c1ccc(C)cc1. The van der Waals surface area contributed by atoms with Crippen LogP contribution in [0.2, 0.25) is 0 Å². The second kappa shape index (κ2) is 21.3. The van der Waals surface area contributed by atoms with E-state index in [1.165, 1.54) is 93.1 Å². The molecule has 0 saturated carbocycles. The van der Waals surface area contributed by atoms with Gasteiger partial charge in [0, 0.05) is 25.9 Å². The third-order valence-electron chi connectivity index (χ3n) is 9.92. The van der Waals surface area contributed by atoms with Crippen LogP contribution in [0.25, 0.3) is 0 Å². The van der Waals surface area contributed by atoms with Crippen LogP contribution in [0.3, 0.4) is 0 Å². The number of quaternary nitrogens is 1. The molecule has 0 aromatic heterocycles. The first-order valence-electron chi connectivity index (χ1n) is 18.9. The van der Waals surface area contributed by atoms with Gasteiger partial charge in [-0.1, -0.05) is 126 Å². The highest BCUT2D eigenvalue weighted by atomic mass is 16.2. The molecule has 46 heavy (non-hydrogen) atoms. The maximum atomic E-state index is 13.0. The summed E-state index contributed by atoms with van der Waals surface area (Å²) in [5, 5.41) is 3.16. The minimum atomic E-state index is 0.214. The largest absolute Gasteiger partial charge is 0.356 e. The normalized spacial score (nSPS) is 15.1. The Bertz CT molecular complexity index is 1080. The van der Waals surface area contributed by atoms with E-state index in [0.717, 1.165) is 51.7 Å². The lowest BCUT2D eigenvalue weighted by Gasteiger charge is -2.40. The van der Waals surface area contributed by atoms with E-state index >= 15 is 0 Å². The van der Waals surface area contributed by atoms with E-state index in [0.29, 0.717) is 29.9 Å². The molecule has 2 aromatic carbocycles. The number of rotatable bonds is 24. The monoisotopic (exact) mass is 633 g/mol. The van der Waals surface area contributed by atoms with Gasteiger partial charge in [-0.2, -0.15) is 0 Å². The summed E-state index contributed by atoms with van der Waals surface area (Å²) in [5.74, 6) is 0.889. The van der Waals surface area contributed by atoms with E-state index in [-0.39, 0.29) is 11.8 Å². The van der Waals surface area contributed by atoms with Crippen LogP contribution in [-0.2, 0) is 9.59 Å². The Morgan fingerprint density at radius 2 is 1.20 bits per heavy atom. The lowest BCUT2D eigenvalue weighted by molar-refractivity contribution is -0.129. The molecular weight excluding hydrogens is 566 g/mol. The Kier molecular flexibility index (Phi) is 17.5. The molecule has 5 heteroatoms. The number of aryl methyl sites for hydroxylation is 2. The minimum Gasteiger partial charge on any atom is -0.356 e. The van der Waals surface area contributed by atoms with Crippen LogP contribution in [0, 0.1) is 19.8 Å². The molecule has 1 atom stereocenters. The van der Waals surface area contributed by atoms with Gasteiger partial charge in [0.1, 0.15) is 11.4 Å². The van der Waals surface area contributed by atoms with Gasteiger partial charge in [0.25, 0.3) is 0 Å². The Hall–Kier alpha value is -2.66. The third-order valence-corrected chi connectivity index (χ3v) is 9.92. The first-order valence-corrected chi connectivity index (χ1v) is 18.9. The maximum absolute atomic E-state index is 13.0. The number of amides is 2. The van der Waals surface area contributed by atoms with Crippen LogP contribution in [0.15, 0.2) is 48.5 Å². The number of nitrogens with zero attached hydrogens (tertiary/aromatic N) is 2. The zero-order valence-corrected chi connectivity index (χ0v) is 30.0. The fourth-order valence-electron chi connectivity index (χ4n) is 7.00. The number of benzene rings is 2. The van der Waals surface area contributed by atoms with Crippen LogP contribution in [0.1, 0.15) is 141 Å². The molecule has 1 unspecified atom stereocenters. The second-order valence-corrected chi connectivity index (χ2v) is 14.3. The molecule has 2 amide bonds. The van der Waals surface area contributed by atoms with Crippen molar-refractivity contribution in [1.82, 2.24) is 14.7 Å². The Morgan fingerprint density at radius 1 is 0.717 bits per heavy atom. The van der Waals surface area contributed by atoms with Gasteiger partial charge in [-0.25, -0.2) is 4.48 Å². The molecule has 1 aliphatic heterocycles. The minimum absolute atomic E-state index is 0.214. The number of hydrogen-bond donors (Lipinski definition) is 1. The van der Waals surface area contributed by atoms with Crippen molar-refractivity contribution in [2.75, 3.05) is 26.3 Å². The molecule has 1 heterocycles. The topological polar surface area (TPSA) is 49.4 Å². The van der Waals surface area contributed by atoms with Gasteiger partial charge in [-0.3, -0.25) is 14.5 Å². The number of carbonyl (C=O) groups excluding carboxylic acids is 2. The highest BCUT2D eigenvalue weighted by molar-refractivity contribution is 5.79. The molecule has 2 aromatic rings. The van der Waals surface area contributed by atoms with Crippen LogP contribution in [0.5, 0.6) is 0 Å². The lowest BCUT2D eigenvalue weighted by Crippen LogP contribution is -2.53. The number of likely N-dealkylation sites (tertiary alicyclic amines) is 1. The Balaban J connectivity index is 1.39. The number of nitrogens with one attached hydrogen (secondary N) is 1. The molecule has 1 saturated heterocycles. The smallest absolute Gasteiger partial charge is 0.227 e. The standard InChI is InChI=1S/C41H65N3O2/c1-5-6-7-8-9-10-11-12-13-14-15-18-21-40(45)42-30-19-16-17-20-31-44(38-26-22-35(2)23-27-38,39-28-24-36(3)25-29-39)34-43-33-37(4)32-41(43)46/h22-29,37H,5-21,30-34H2,1-4H3/p+1. The first kappa shape index (κ1) is 37.8. The third kappa shape index (κ3) is 13.2. The summed E-state index contributed by atoms with van der Waals surface area (Å²) in [4.78, 5) is 27.5. The van der Waals surface area contributed by atoms with Crippen molar-refractivity contribution in [3.05, 3.63) is 59.7 Å². The lowest BCUT2D eigenvalue weighted by atomic mass is 10.0. The quantitative estimate of drug-likeness (QED) is 0.0925. The van der Waals surface area contributed by atoms with Gasteiger partial charge in [-0.05, 0) is 69.7 Å². The molecule has 1 fully saturated rings. The van der Waals surface area contributed by atoms with E-state index in [1.807, 2.05) is 0 Å². The van der Waals surface area contributed by atoms with Gasteiger partial charge >= 0.3 is 0 Å². The van der Waals surface area contributed by atoms with Crippen molar-refractivity contribution >= 4 is 23.2 Å². The summed E-state index contributed by atoms with van der Waals surface area (Å²) in [6.07, 6.45) is 21.4. The maximum Gasteiger partial charge on any atom is 0.227 e. The molecule has 0 aliphatic carbocycles. The Morgan fingerprint density at radius 3 is 1.70 bits per heavy atom. The average Bonchev–Trinajstić information content (AvgIpc) is 3.36. The molecule has 1 N–H and O–H groups in total. The summed E-state index contributed by atoms with van der Waals surface area (Å²) >= 11 is 0. The molecule has 3 rings (SSSR count). The van der Waals surface area contributed by atoms with Crippen molar-refractivity contribution in [3.63, 3.8) is 0 Å². The van der Waals surface area contributed by atoms with Crippen molar-refractivity contribution in [3.8, 4) is 0 Å². The highest BCUT2D eigenvalue weighted by Crippen LogP contribution is 2.37. The first-order chi connectivity index (χ1) is 22.3. The van der Waals surface area contributed by atoms with E-state index in [9.17, 15) is 9.59 Å².